The van der Waals surface area contributed by atoms with Crippen LogP contribution in [0.25, 0.3) is 0 Å². The first-order valence-corrected chi connectivity index (χ1v) is 7.38. The van der Waals surface area contributed by atoms with E-state index in [1.807, 2.05) is 48.5 Å². The second-order valence-electron chi connectivity index (χ2n) is 4.90. The Balaban J connectivity index is 1.67. The number of benzene rings is 2. The molecule has 2 aromatic rings. The number of nitrogens with one attached hydrogen (secondary N) is 1. The molecule has 0 atom stereocenters. The van der Waals surface area contributed by atoms with E-state index in [4.69, 9.17) is 14.2 Å². The predicted molar refractivity (Wildman–Crippen MR) is 88.2 cm³/mol. The van der Waals surface area contributed by atoms with Gasteiger partial charge in [0.15, 0.2) is 0 Å². The molecule has 1 N–H and O–H groups in total. The molecule has 0 heterocycles. The van der Waals surface area contributed by atoms with Crippen LogP contribution in [0.2, 0.25) is 0 Å². The molecule has 0 radical (unpaired) electrons. The van der Waals surface area contributed by atoms with Gasteiger partial charge in [-0.05, 0) is 42.0 Å². The van der Waals surface area contributed by atoms with Gasteiger partial charge in [-0.2, -0.15) is 0 Å². The highest BCUT2D eigenvalue weighted by Gasteiger charge is 2.03. The van der Waals surface area contributed by atoms with Gasteiger partial charge in [0.2, 0.25) is 5.91 Å². The van der Waals surface area contributed by atoms with Gasteiger partial charge in [0.05, 0.1) is 27.2 Å². The summed E-state index contributed by atoms with van der Waals surface area (Å²) in [5.41, 5.74) is 0.944. The van der Waals surface area contributed by atoms with E-state index in [-0.39, 0.29) is 5.91 Å². The number of hydrogen-bond acceptors (Lipinski definition) is 4. The molecule has 0 bridgehead atoms. The fourth-order valence-electron chi connectivity index (χ4n) is 2.02. The first-order valence-electron chi connectivity index (χ1n) is 7.38. The lowest BCUT2D eigenvalue weighted by atomic mass is 10.1. The zero-order chi connectivity index (χ0) is 16.5. The van der Waals surface area contributed by atoms with Crippen molar-refractivity contribution in [2.75, 3.05) is 27.4 Å². The summed E-state index contributed by atoms with van der Waals surface area (Å²) in [6.07, 6.45) is 0.340. The van der Waals surface area contributed by atoms with Gasteiger partial charge in [-0.15, -0.1) is 0 Å². The summed E-state index contributed by atoms with van der Waals surface area (Å²) in [4.78, 5) is 11.8. The maximum absolute atomic E-state index is 11.8. The quantitative estimate of drug-likeness (QED) is 0.760. The standard InChI is InChI=1S/C18H21NO4/c1-21-15-5-3-14(4-6-15)13-18(20)19-11-12-23-17-9-7-16(22-2)8-10-17/h3-10H,11-13H2,1-2H3,(H,19,20). The molecular formula is C18H21NO4. The Hall–Kier alpha value is -2.69. The molecule has 2 aromatic carbocycles. The maximum Gasteiger partial charge on any atom is 0.224 e. The number of methoxy groups -OCH3 is 2. The van der Waals surface area contributed by atoms with Crippen LogP contribution in [0.1, 0.15) is 5.56 Å². The molecule has 0 aliphatic rings. The Morgan fingerprint density at radius 3 is 1.96 bits per heavy atom. The minimum atomic E-state index is -0.0338. The van der Waals surface area contributed by atoms with Gasteiger partial charge in [-0.25, -0.2) is 0 Å². The molecule has 122 valence electrons. The van der Waals surface area contributed by atoms with Crippen LogP contribution in [-0.2, 0) is 11.2 Å². The molecule has 5 nitrogen and oxygen atoms in total. The Kier molecular flexibility index (Phi) is 6.29. The number of carbonyl (C=O) groups excluding carboxylic acids is 1. The molecular weight excluding hydrogens is 294 g/mol. The molecule has 0 fully saturated rings. The lowest BCUT2D eigenvalue weighted by Gasteiger charge is -2.08. The molecule has 23 heavy (non-hydrogen) atoms. The van der Waals surface area contributed by atoms with Crippen molar-refractivity contribution in [1.82, 2.24) is 5.32 Å². The first kappa shape index (κ1) is 16.7. The second kappa shape index (κ2) is 8.68. The van der Waals surface area contributed by atoms with Crippen molar-refractivity contribution < 1.29 is 19.0 Å². The minimum absolute atomic E-state index is 0.0338. The van der Waals surface area contributed by atoms with E-state index < -0.39 is 0 Å². The van der Waals surface area contributed by atoms with Gasteiger partial charge in [0, 0.05) is 0 Å². The van der Waals surface area contributed by atoms with E-state index in [1.165, 1.54) is 0 Å². The van der Waals surface area contributed by atoms with Crippen LogP contribution in [0.5, 0.6) is 17.2 Å². The van der Waals surface area contributed by atoms with Crippen LogP contribution in [0.4, 0.5) is 0 Å². The predicted octanol–water partition coefficient (Wildman–Crippen LogP) is 2.44. The first-order chi connectivity index (χ1) is 11.2. The maximum atomic E-state index is 11.8. The van der Waals surface area contributed by atoms with Gasteiger partial charge >= 0.3 is 0 Å². The SMILES string of the molecule is COc1ccc(CC(=O)NCCOc2ccc(OC)cc2)cc1. The Labute approximate surface area is 136 Å². The zero-order valence-corrected chi connectivity index (χ0v) is 13.4. The zero-order valence-electron chi connectivity index (χ0n) is 13.4. The normalized spacial score (nSPS) is 10.0. The Bertz CT molecular complexity index is 608. The van der Waals surface area contributed by atoms with Crippen molar-refractivity contribution in [3.63, 3.8) is 0 Å². The van der Waals surface area contributed by atoms with Crippen LogP contribution in [0.3, 0.4) is 0 Å². The fourth-order valence-corrected chi connectivity index (χ4v) is 2.02. The van der Waals surface area contributed by atoms with Crippen LogP contribution < -0.4 is 19.5 Å². The molecule has 1 amide bonds. The molecule has 0 aliphatic heterocycles. The summed E-state index contributed by atoms with van der Waals surface area (Å²) in [5, 5.41) is 2.83. The third kappa shape index (κ3) is 5.54. The summed E-state index contributed by atoms with van der Waals surface area (Å²) in [7, 11) is 3.23. The van der Waals surface area contributed by atoms with Crippen molar-refractivity contribution >= 4 is 5.91 Å². The van der Waals surface area contributed by atoms with Crippen molar-refractivity contribution in [3.05, 3.63) is 54.1 Å². The van der Waals surface area contributed by atoms with Crippen LogP contribution in [-0.4, -0.2) is 33.3 Å². The highest BCUT2D eigenvalue weighted by Crippen LogP contribution is 2.16. The number of amides is 1. The third-order valence-corrected chi connectivity index (χ3v) is 3.28. The average Bonchev–Trinajstić information content (AvgIpc) is 2.60. The summed E-state index contributed by atoms with van der Waals surface area (Å²) in [6.45, 7) is 0.877. The number of rotatable bonds is 8. The molecule has 0 aliphatic carbocycles. The molecule has 0 aromatic heterocycles. The second-order valence-corrected chi connectivity index (χ2v) is 4.90. The highest BCUT2D eigenvalue weighted by atomic mass is 16.5. The summed E-state index contributed by atoms with van der Waals surface area (Å²) < 4.78 is 15.7. The highest BCUT2D eigenvalue weighted by molar-refractivity contribution is 5.78. The minimum Gasteiger partial charge on any atom is -0.497 e. The van der Waals surface area contributed by atoms with Crippen LogP contribution in [0.15, 0.2) is 48.5 Å². The third-order valence-electron chi connectivity index (χ3n) is 3.28. The Morgan fingerprint density at radius 2 is 1.39 bits per heavy atom. The molecule has 2 rings (SSSR count). The lowest BCUT2D eigenvalue weighted by Crippen LogP contribution is -2.29. The average molecular weight is 315 g/mol. The van der Waals surface area contributed by atoms with Crippen molar-refractivity contribution in [2.45, 2.75) is 6.42 Å². The molecule has 0 spiro atoms. The largest absolute Gasteiger partial charge is 0.497 e. The van der Waals surface area contributed by atoms with E-state index in [9.17, 15) is 4.79 Å². The van der Waals surface area contributed by atoms with Crippen molar-refractivity contribution in [2.24, 2.45) is 0 Å². The fraction of sp³-hybridized carbons (Fsp3) is 0.278. The van der Waals surface area contributed by atoms with Crippen LogP contribution >= 0.6 is 0 Å². The summed E-state index contributed by atoms with van der Waals surface area (Å²) in [5.74, 6) is 2.27. The molecule has 0 saturated carbocycles. The number of ether oxygens (including phenoxy) is 3. The van der Waals surface area contributed by atoms with Crippen molar-refractivity contribution in [3.8, 4) is 17.2 Å². The van der Waals surface area contributed by atoms with E-state index in [0.29, 0.717) is 19.6 Å². The van der Waals surface area contributed by atoms with E-state index in [0.717, 1.165) is 22.8 Å². The number of hydrogen-bond donors (Lipinski definition) is 1. The van der Waals surface area contributed by atoms with E-state index in [2.05, 4.69) is 5.32 Å². The molecule has 0 unspecified atom stereocenters. The summed E-state index contributed by atoms with van der Waals surface area (Å²) in [6, 6.07) is 14.8. The molecule has 0 saturated heterocycles. The number of carbonyl (C=O) groups is 1. The smallest absolute Gasteiger partial charge is 0.224 e. The van der Waals surface area contributed by atoms with E-state index in [1.54, 1.807) is 14.2 Å². The summed E-state index contributed by atoms with van der Waals surface area (Å²) >= 11 is 0. The Morgan fingerprint density at radius 1 is 0.870 bits per heavy atom. The van der Waals surface area contributed by atoms with Crippen LogP contribution in [0, 0.1) is 0 Å². The monoisotopic (exact) mass is 315 g/mol. The topological polar surface area (TPSA) is 56.8 Å². The van der Waals surface area contributed by atoms with Gasteiger partial charge in [-0.1, -0.05) is 12.1 Å². The van der Waals surface area contributed by atoms with E-state index >= 15 is 0 Å². The molecule has 5 heteroatoms. The lowest BCUT2D eigenvalue weighted by molar-refractivity contribution is -0.120. The van der Waals surface area contributed by atoms with Gasteiger partial charge < -0.3 is 19.5 Å². The van der Waals surface area contributed by atoms with Crippen molar-refractivity contribution in [1.29, 1.82) is 0 Å². The van der Waals surface area contributed by atoms with Gasteiger partial charge in [0.1, 0.15) is 23.9 Å². The van der Waals surface area contributed by atoms with Gasteiger partial charge in [-0.3, -0.25) is 4.79 Å². The van der Waals surface area contributed by atoms with Gasteiger partial charge in [0.25, 0.3) is 0 Å².